The van der Waals surface area contributed by atoms with E-state index in [2.05, 4.69) is 0 Å². The van der Waals surface area contributed by atoms with Gasteiger partial charge in [-0.1, -0.05) is 12.1 Å². The molecule has 0 amide bonds. The quantitative estimate of drug-likeness (QED) is 0.788. The van der Waals surface area contributed by atoms with E-state index in [-0.39, 0.29) is 0 Å². The van der Waals surface area contributed by atoms with Crippen molar-refractivity contribution in [3.63, 3.8) is 0 Å². The molecule has 0 saturated carbocycles. The van der Waals surface area contributed by atoms with Gasteiger partial charge in [-0.05, 0) is 24.6 Å². The van der Waals surface area contributed by atoms with Crippen LogP contribution in [0.5, 0.6) is 5.75 Å². The first-order valence-electron chi connectivity index (χ1n) is 5.22. The molecule has 2 N–H and O–H groups in total. The van der Waals surface area contributed by atoms with Crippen molar-refractivity contribution in [1.29, 1.82) is 0 Å². The predicted octanol–water partition coefficient (Wildman–Crippen LogP) is 1.73. The number of hydrogen-bond donors (Lipinski definition) is 2. The fourth-order valence-electron chi connectivity index (χ4n) is 1.51. The van der Waals surface area contributed by atoms with Crippen LogP contribution in [0.4, 0.5) is 0 Å². The highest BCUT2D eigenvalue weighted by atomic mass is 16.5. The Morgan fingerprint density at radius 3 is 2.59 bits per heavy atom. The summed E-state index contributed by atoms with van der Waals surface area (Å²) in [5.41, 5.74) is 0.436. The molecule has 1 atom stereocenters. The molecule has 5 nitrogen and oxygen atoms in total. The van der Waals surface area contributed by atoms with Gasteiger partial charge in [0.25, 0.3) is 0 Å². The van der Waals surface area contributed by atoms with Crippen molar-refractivity contribution in [1.82, 2.24) is 0 Å². The Labute approximate surface area is 98.6 Å². The minimum Gasteiger partial charge on any atom is -0.494 e. The molecule has 0 aliphatic rings. The summed E-state index contributed by atoms with van der Waals surface area (Å²) in [6.07, 6.45) is -0.440. The van der Waals surface area contributed by atoms with Crippen LogP contribution in [0.25, 0.3) is 0 Å². The number of carboxylic acids is 2. The summed E-state index contributed by atoms with van der Waals surface area (Å²) in [5, 5.41) is 17.7. The minimum absolute atomic E-state index is 0.436. The van der Waals surface area contributed by atoms with Gasteiger partial charge in [-0.25, -0.2) is 0 Å². The fraction of sp³-hybridized carbons (Fsp3) is 0.333. The molecule has 0 fully saturated rings. The molecule has 1 aromatic rings. The van der Waals surface area contributed by atoms with Crippen LogP contribution in [0.15, 0.2) is 24.3 Å². The number of carboxylic acid groups (broad SMARTS) is 2. The third kappa shape index (κ3) is 3.79. The van der Waals surface area contributed by atoms with Gasteiger partial charge in [-0.15, -0.1) is 0 Å². The molecule has 0 aliphatic carbocycles. The SMILES string of the molecule is CCOc1cccc(C(CC(=O)O)C(=O)O)c1. The van der Waals surface area contributed by atoms with Crippen molar-refractivity contribution in [3.05, 3.63) is 29.8 Å². The van der Waals surface area contributed by atoms with Crippen molar-refractivity contribution in [3.8, 4) is 5.75 Å². The largest absolute Gasteiger partial charge is 0.494 e. The van der Waals surface area contributed by atoms with Crippen molar-refractivity contribution in [2.75, 3.05) is 6.61 Å². The average Bonchev–Trinajstić information content (AvgIpc) is 2.26. The maximum atomic E-state index is 11.0. The Balaban J connectivity index is 2.97. The molecule has 0 spiro atoms. The van der Waals surface area contributed by atoms with E-state index in [1.54, 1.807) is 24.3 Å². The standard InChI is InChI=1S/C12H14O5/c1-2-17-9-5-3-4-8(6-9)10(12(15)16)7-11(13)14/h3-6,10H,2,7H2,1H3,(H,13,14)(H,15,16). The van der Waals surface area contributed by atoms with Gasteiger partial charge in [0.1, 0.15) is 5.75 Å². The number of carbonyl (C=O) groups is 2. The first kappa shape index (κ1) is 13.0. The van der Waals surface area contributed by atoms with E-state index in [1.165, 1.54) is 0 Å². The predicted molar refractivity (Wildman–Crippen MR) is 60.2 cm³/mol. The maximum absolute atomic E-state index is 11.0. The summed E-state index contributed by atoms with van der Waals surface area (Å²) in [6.45, 7) is 2.29. The lowest BCUT2D eigenvalue weighted by molar-refractivity contribution is -0.145. The number of ether oxygens (including phenoxy) is 1. The average molecular weight is 238 g/mol. The maximum Gasteiger partial charge on any atom is 0.311 e. The third-order valence-electron chi connectivity index (χ3n) is 2.25. The Bertz CT molecular complexity index is 413. The van der Waals surface area contributed by atoms with Gasteiger partial charge < -0.3 is 14.9 Å². The summed E-state index contributed by atoms with van der Waals surface area (Å²) >= 11 is 0. The van der Waals surface area contributed by atoms with Gasteiger partial charge in [-0.2, -0.15) is 0 Å². The van der Waals surface area contributed by atoms with E-state index < -0.39 is 24.3 Å². The highest BCUT2D eigenvalue weighted by Gasteiger charge is 2.23. The molecule has 17 heavy (non-hydrogen) atoms. The monoisotopic (exact) mass is 238 g/mol. The zero-order valence-electron chi connectivity index (χ0n) is 9.42. The van der Waals surface area contributed by atoms with E-state index in [0.29, 0.717) is 17.9 Å². The van der Waals surface area contributed by atoms with Gasteiger partial charge in [0.2, 0.25) is 0 Å². The Hall–Kier alpha value is -2.04. The molecule has 5 heteroatoms. The number of aliphatic carboxylic acids is 2. The smallest absolute Gasteiger partial charge is 0.311 e. The number of benzene rings is 1. The van der Waals surface area contributed by atoms with Crippen LogP contribution in [-0.4, -0.2) is 28.8 Å². The van der Waals surface area contributed by atoms with Gasteiger partial charge in [0, 0.05) is 0 Å². The van der Waals surface area contributed by atoms with E-state index >= 15 is 0 Å². The van der Waals surface area contributed by atoms with Gasteiger partial charge in [0.15, 0.2) is 0 Å². The molecule has 0 aromatic heterocycles. The fourth-order valence-corrected chi connectivity index (χ4v) is 1.51. The van der Waals surface area contributed by atoms with Crippen LogP contribution in [0.1, 0.15) is 24.8 Å². The molecule has 0 bridgehead atoms. The highest BCUT2D eigenvalue weighted by molar-refractivity contribution is 5.82. The first-order chi connectivity index (χ1) is 8.04. The zero-order chi connectivity index (χ0) is 12.8. The number of hydrogen-bond acceptors (Lipinski definition) is 3. The second kappa shape index (κ2) is 5.89. The van der Waals surface area contributed by atoms with E-state index in [0.717, 1.165) is 0 Å². The zero-order valence-corrected chi connectivity index (χ0v) is 9.42. The topological polar surface area (TPSA) is 83.8 Å². The summed E-state index contributed by atoms with van der Waals surface area (Å²) in [5.74, 6) is -2.80. The van der Waals surface area contributed by atoms with Crippen molar-refractivity contribution >= 4 is 11.9 Å². The van der Waals surface area contributed by atoms with Crippen LogP contribution in [0.2, 0.25) is 0 Å². The first-order valence-corrected chi connectivity index (χ1v) is 5.22. The molecule has 0 aliphatic heterocycles. The molecule has 1 unspecified atom stereocenters. The van der Waals surface area contributed by atoms with Crippen LogP contribution >= 0.6 is 0 Å². The number of rotatable bonds is 6. The molecule has 1 rings (SSSR count). The van der Waals surface area contributed by atoms with E-state index in [1.807, 2.05) is 6.92 Å². The second-order valence-electron chi connectivity index (χ2n) is 3.49. The Morgan fingerprint density at radius 2 is 2.06 bits per heavy atom. The lowest BCUT2D eigenvalue weighted by atomic mass is 9.96. The van der Waals surface area contributed by atoms with Crippen molar-refractivity contribution < 1.29 is 24.5 Å². The summed E-state index contributed by atoms with van der Waals surface area (Å²) in [7, 11) is 0. The summed E-state index contributed by atoms with van der Waals surface area (Å²) < 4.78 is 5.24. The van der Waals surface area contributed by atoms with Gasteiger partial charge >= 0.3 is 11.9 Å². The van der Waals surface area contributed by atoms with Crippen LogP contribution in [-0.2, 0) is 9.59 Å². The molecule has 0 radical (unpaired) electrons. The highest BCUT2D eigenvalue weighted by Crippen LogP contribution is 2.24. The summed E-state index contributed by atoms with van der Waals surface area (Å²) in [4.78, 5) is 21.6. The molecule has 92 valence electrons. The van der Waals surface area contributed by atoms with Gasteiger partial charge in [-0.3, -0.25) is 9.59 Å². The lowest BCUT2D eigenvalue weighted by Crippen LogP contribution is -2.15. The normalized spacial score (nSPS) is 11.8. The Morgan fingerprint density at radius 1 is 1.35 bits per heavy atom. The molecular weight excluding hydrogens is 224 g/mol. The van der Waals surface area contributed by atoms with Crippen molar-refractivity contribution in [2.24, 2.45) is 0 Å². The molecule has 0 saturated heterocycles. The molecular formula is C12H14O5. The minimum atomic E-state index is -1.15. The Kier molecular flexibility index (Phi) is 4.51. The molecule has 0 heterocycles. The molecule has 1 aromatic carbocycles. The van der Waals surface area contributed by atoms with E-state index in [9.17, 15) is 9.59 Å². The lowest BCUT2D eigenvalue weighted by Gasteiger charge is -2.11. The summed E-state index contributed by atoms with van der Waals surface area (Å²) in [6, 6.07) is 6.50. The van der Waals surface area contributed by atoms with Crippen LogP contribution in [0.3, 0.4) is 0 Å². The van der Waals surface area contributed by atoms with Gasteiger partial charge in [0.05, 0.1) is 18.9 Å². The van der Waals surface area contributed by atoms with Crippen molar-refractivity contribution in [2.45, 2.75) is 19.3 Å². The second-order valence-corrected chi connectivity index (χ2v) is 3.49. The van der Waals surface area contributed by atoms with Crippen LogP contribution < -0.4 is 4.74 Å². The van der Waals surface area contributed by atoms with E-state index in [4.69, 9.17) is 14.9 Å². The third-order valence-corrected chi connectivity index (χ3v) is 2.25. The van der Waals surface area contributed by atoms with Crippen LogP contribution in [0, 0.1) is 0 Å².